The maximum Gasteiger partial charge on any atom is 0.275 e. The summed E-state index contributed by atoms with van der Waals surface area (Å²) in [6, 6.07) is 13.4. The van der Waals surface area contributed by atoms with Crippen molar-refractivity contribution in [2.75, 3.05) is 17.7 Å². The average Bonchev–Trinajstić information content (AvgIpc) is 3.06. The van der Waals surface area contributed by atoms with Gasteiger partial charge in [0.2, 0.25) is 0 Å². The first-order valence-corrected chi connectivity index (χ1v) is 8.68. The van der Waals surface area contributed by atoms with E-state index in [9.17, 15) is 4.79 Å². The van der Waals surface area contributed by atoms with E-state index in [2.05, 4.69) is 28.6 Å². The zero-order chi connectivity index (χ0) is 17.8. The average molecular weight is 353 g/mol. The summed E-state index contributed by atoms with van der Waals surface area (Å²) in [5, 5.41) is 8.51. The van der Waals surface area contributed by atoms with E-state index in [4.69, 9.17) is 4.74 Å². The van der Waals surface area contributed by atoms with Crippen LogP contribution in [0.4, 0.5) is 16.5 Å². The number of hydrogen-bond acceptors (Lipinski definition) is 5. The quantitative estimate of drug-likeness (QED) is 0.694. The smallest absolute Gasteiger partial charge is 0.275 e. The summed E-state index contributed by atoms with van der Waals surface area (Å²) < 4.78 is 5.16. The number of nitrogens with one attached hydrogen (secondary N) is 2. The molecule has 3 aromatic rings. The number of ether oxygens (including phenoxy) is 1. The van der Waals surface area contributed by atoms with Crippen LogP contribution in [0.5, 0.6) is 5.75 Å². The van der Waals surface area contributed by atoms with Crippen LogP contribution in [0, 0.1) is 13.8 Å². The van der Waals surface area contributed by atoms with Crippen molar-refractivity contribution in [1.29, 1.82) is 0 Å². The third kappa shape index (κ3) is 4.16. The van der Waals surface area contributed by atoms with Crippen LogP contribution in [0.1, 0.15) is 21.6 Å². The fourth-order valence-corrected chi connectivity index (χ4v) is 3.10. The third-order valence-corrected chi connectivity index (χ3v) is 4.45. The van der Waals surface area contributed by atoms with Crippen LogP contribution in [0.2, 0.25) is 0 Å². The molecule has 0 aliphatic carbocycles. The van der Waals surface area contributed by atoms with Gasteiger partial charge in [-0.25, -0.2) is 4.98 Å². The standard InChI is InChI=1S/C19H19N3O2S/c1-12-7-8-16(13(2)9-12)21-19-22-17(11-25-19)18(23)20-14-5-4-6-15(10-14)24-3/h4-11H,1-3H3,(H,20,23)(H,21,22). The monoisotopic (exact) mass is 353 g/mol. The van der Waals surface area contributed by atoms with Gasteiger partial charge in [-0.3, -0.25) is 4.79 Å². The Morgan fingerprint density at radius 3 is 2.76 bits per heavy atom. The molecule has 0 fully saturated rings. The number of carbonyl (C=O) groups is 1. The number of hydrogen-bond donors (Lipinski definition) is 2. The number of nitrogens with zero attached hydrogens (tertiary/aromatic N) is 1. The predicted octanol–water partition coefficient (Wildman–Crippen LogP) is 4.76. The number of aromatic nitrogens is 1. The molecule has 0 unspecified atom stereocenters. The van der Waals surface area contributed by atoms with E-state index in [0.29, 0.717) is 22.3 Å². The van der Waals surface area contributed by atoms with Crippen molar-refractivity contribution in [3.63, 3.8) is 0 Å². The Labute approximate surface area is 150 Å². The van der Waals surface area contributed by atoms with Crippen LogP contribution in [-0.2, 0) is 0 Å². The lowest BCUT2D eigenvalue weighted by atomic mass is 10.1. The Morgan fingerprint density at radius 1 is 1.16 bits per heavy atom. The normalized spacial score (nSPS) is 10.4. The molecule has 25 heavy (non-hydrogen) atoms. The molecule has 1 aromatic heterocycles. The predicted molar refractivity (Wildman–Crippen MR) is 102 cm³/mol. The van der Waals surface area contributed by atoms with Gasteiger partial charge >= 0.3 is 0 Å². The second-order valence-corrected chi connectivity index (χ2v) is 6.53. The Bertz CT molecular complexity index is 905. The lowest BCUT2D eigenvalue weighted by Gasteiger charge is -2.07. The van der Waals surface area contributed by atoms with Crippen molar-refractivity contribution in [3.8, 4) is 5.75 Å². The van der Waals surface area contributed by atoms with E-state index in [0.717, 1.165) is 11.3 Å². The first-order valence-electron chi connectivity index (χ1n) is 7.80. The molecule has 0 spiro atoms. The van der Waals surface area contributed by atoms with E-state index >= 15 is 0 Å². The number of amides is 1. The van der Waals surface area contributed by atoms with Gasteiger partial charge in [0.15, 0.2) is 5.13 Å². The molecule has 6 heteroatoms. The van der Waals surface area contributed by atoms with Gasteiger partial charge in [0.25, 0.3) is 5.91 Å². The van der Waals surface area contributed by atoms with E-state index in [1.165, 1.54) is 16.9 Å². The molecule has 0 atom stereocenters. The summed E-state index contributed by atoms with van der Waals surface area (Å²) >= 11 is 1.40. The number of aryl methyl sites for hydroxylation is 2. The molecule has 5 nitrogen and oxygen atoms in total. The molecule has 0 saturated carbocycles. The van der Waals surface area contributed by atoms with Crippen molar-refractivity contribution in [2.24, 2.45) is 0 Å². The van der Waals surface area contributed by atoms with Gasteiger partial charge in [0, 0.05) is 22.8 Å². The van der Waals surface area contributed by atoms with E-state index in [-0.39, 0.29) is 5.91 Å². The van der Waals surface area contributed by atoms with Gasteiger partial charge in [0.05, 0.1) is 7.11 Å². The number of methoxy groups -OCH3 is 1. The van der Waals surface area contributed by atoms with Crippen LogP contribution in [-0.4, -0.2) is 18.0 Å². The molecule has 0 aliphatic rings. The minimum atomic E-state index is -0.252. The zero-order valence-corrected chi connectivity index (χ0v) is 15.1. The van der Waals surface area contributed by atoms with Gasteiger partial charge in [-0.2, -0.15) is 0 Å². The highest BCUT2D eigenvalue weighted by Crippen LogP contribution is 2.25. The third-order valence-electron chi connectivity index (χ3n) is 3.69. The number of anilines is 3. The minimum Gasteiger partial charge on any atom is -0.497 e. The van der Waals surface area contributed by atoms with Gasteiger partial charge in [0.1, 0.15) is 11.4 Å². The molecule has 0 aliphatic heterocycles. The first-order chi connectivity index (χ1) is 12.0. The molecule has 3 rings (SSSR count). The topological polar surface area (TPSA) is 63.2 Å². The lowest BCUT2D eigenvalue weighted by Crippen LogP contribution is -2.12. The number of benzene rings is 2. The first kappa shape index (κ1) is 17.0. The Kier molecular flexibility index (Phi) is 5.00. The molecule has 1 heterocycles. The lowest BCUT2D eigenvalue weighted by molar-refractivity contribution is 0.102. The SMILES string of the molecule is COc1cccc(NC(=O)c2csc(Nc3ccc(C)cc3C)n2)c1. The molecular formula is C19H19N3O2S. The van der Waals surface area contributed by atoms with Crippen molar-refractivity contribution in [2.45, 2.75) is 13.8 Å². The molecule has 2 N–H and O–H groups in total. The molecule has 1 amide bonds. The molecular weight excluding hydrogens is 334 g/mol. The summed E-state index contributed by atoms with van der Waals surface area (Å²) in [5.41, 5.74) is 4.37. The Balaban J connectivity index is 1.70. The fraction of sp³-hybridized carbons (Fsp3) is 0.158. The van der Waals surface area contributed by atoms with E-state index in [1.54, 1.807) is 18.6 Å². The summed E-state index contributed by atoms with van der Waals surface area (Å²) in [7, 11) is 1.59. The van der Waals surface area contributed by atoms with Gasteiger partial charge < -0.3 is 15.4 Å². The van der Waals surface area contributed by atoms with Gasteiger partial charge in [-0.05, 0) is 37.6 Å². The Morgan fingerprint density at radius 2 is 2.00 bits per heavy atom. The maximum absolute atomic E-state index is 12.4. The molecule has 0 bridgehead atoms. The van der Waals surface area contributed by atoms with Crippen LogP contribution >= 0.6 is 11.3 Å². The highest BCUT2D eigenvalue weighted by molar-refractivity contribution is 7.14. The fourth-order valence-electron chi connectivity index (χ4n) is 2.40. The zero-order valence-electron chi connectivity index (χ0n) is 14.3. The van der Waals surface area contributed by atoms with Crippen LogP contribution in [0.25, 0.3) is 0 Å². The van der Waals surface area contributed by atoms with Crippen molar-refractivity contribution in [3.05, 3.63) is 64.7 Å². The number of carbonyl (C=O) groups excluding carboxylic acids is 1. The van der Waals surface area contributed by atoms with Gasteiger partial charge in [-0.15, -0.1) is 11.3 Å². The molecule has 128 valence electrons. The van der Waals surface area contributed by atoms with E-state index < -0.39 is 0 Å². The second-order valence-electron chi connectivity index (χ2n) is 5.67. The molecule has 2 aromatic carbocycles. The minimum absolute atomic E-state index is 0.252. The summed E-state index contributed by atoms with van der Waals surface area (Å²) in [5.74, 6) is 0.437. The van der Waals surface area contributed by atoms with Crippen molar-refractivity contribution >= 4 is 33.8 Å². The van der Waals surface area contributed by atoms with Crippen LogP contribution in [0.3, 0.4) is 0 Å². The molecule has 0 radical (unpaired) electrons. The molecule has 0 saturated heterocycles. The second kappa shape index (κ2) is 7.36. The summed E-state index contributed by atoms with van der Waals surface area (Å²) in [6.45, 7) is 4.10. The van der Waals surface area contributed by atoms with Gasteiger partial charge in [-0.1, -0.05) is 23.8 Å². The Hall–Kier alpha value is -2.86. The summed E-state index contributed by atoms with van der Waals surface area (Å²) in [4.78, 5) is 16.7. The van der Waals surface area contributed by atoms with Crippen molar-refractivity contribution < 1.29 is 9.53 Å². The number of thiazole rings is 1. The maximum atomic E-state index is 12.4. The van der Waals surface area contributed by atoms with E-state index in [1.807, 2.05) is 37.3 Å². The number of rotatable bonds is 5. The van der Waals surface area contributed by atoms with Crippen LogP contribution < -0.4 is 15.4 Å². The van der Waals surface area contributed by atoms with Crippen molar-refractivity contribution in [1.82, 2.24) is 4.98 Å². The summed E-state index contributed by atoms with van der Waals surface area (Å²) in [6.07, 6.45) is 0. The highest BCUT2D eigenvalue weighted by atomic mass is 32.1. The highest BCUT2D eigenvalue weighted by Gasteiger charge is 2.12. The van der Waals surface area contributed by atoms with Crippen LogP contribution in [0.15, 0.2) is 47.8 Å². The largest absolute Gasteiger partial charge is 0.497 e.